The van der Waals surface area contributed by atoms with Gasteiger partial charge in [-0.25, -0.2) is 4.79 Å². The molecule has 0 aliphatic heterocycles. The molecule has 0 saturated carbocycles. The van der Waals surface area contributed by atoms with Crippen LogP contribution in [0.25, 0.3) is 0 Å². The number of ether oxygens (including phenoxy) is 1. The number of aliphatic hydroxyl groups is 5. The predicted molar refractivity (Wildman–Crippen MR) is 71.0 cm³/mol. The summed E-state index contributed by atoms with van der Waals surface area (Å²) in [4.78, 5) is 22.7. The van der Waals surface area contributed by atoms with Crippen LogP contribution in [0.1, 0.15) is 39.0 Å². The van der Waals surface area contributed by atoms with E-state index in [1.54, 1.807) is 0 Å². The van der Waals surface area contributed by atoms with Crippen molar-refractivity contribution >= 4 is 11.9 Å². The average Bonchev–Trinajstić information content (AvgIpc) is 2.48. The minimum Gasteiger partial charge on any atom is -0.394 e. The van der Waals surface area contributed by atoms with Gasteiger partial charge in [-0.1, -0.05) is 26.2 Å². The maximum Gasteiger partial charge on any atom is 0.345 e. The molecule has 0 spiro atoms. The molecule has 0 unspecified atom stereocenters. The van der Waals surface area contributed by atoms with Gasteiger partial charge in [0.25, 0.3) is 0 Å². The second-order valence-electron chi connectivity index (χ2n) is 4.78. The number of carbonyl (C=O) groups is 2. The molecule has 0 radical (unpaired) electrons. The molecule has 9 heteroatoms. The van der Waals surface area contributed by atoms with Crippen LogP contribution < -0.4 is 0 Å². The van der Waals surface area contributed by atoms with Gasteiger partial charge >= 0.3 is 11.9 Å². The molecule has 22 heavy (non-hydrogen) atoms. The van der Waals surface area contributed by atoms with E-state index in [1.807, 2.05) is 6.92 Å². The van der Waals surface area contributed by atoms with Crippen LogP contribution in [0.4, 0.5) is 0 Å². The first-order valence-electron chi connectivity index (χ1n) is 6.92. The molecule has 0 aromatic carbocycles. The van der Waals surface area contributed by atoms with Crippen molar-refractivity contribution < 1.29 is 56.9 Å². The maximum atomic E-state index is 11.4. The SMILES string of the molecule is CCCCCCC(=O)OC(=O)[C@H](O)[C@@H](O)[C@H](O)[C@H](O)CO.[Fe]. The van der Waals surface area contributed by atoms with Crippen molar-refractivity contribution in [3.8, 4) is 0 Å². The summed E-state index contributed by atoms with van der Waals surface area (Å²) >= 11 is 0. The molecule has 0 aromatic rings. The Kier molecular flexibility index (Phi) is 14.0. The van der Waals surface area contributed by atoms with Gasteiger partial charge < -0.3 is 30.3 Å². The minimum atomic E-state index is -2.19. The molecule has 0 fully saturated rings. The van der Waals surface area contributed by atoms with E-state index in [9.17, 15) is 24.9 Å². The fraction of sp³-hybridized carbons (Fsp3) is 0.846. The summed E-state index contributed by atoms with van der Waals surface area (Å²) in [5.41, 5.74) is 0. The quantitative estimate of drug-likeness (QED) is 0.136. The van der Waals surface area contributed by atoms with Gasteiger partial charge in [-0.2, -0.15) is 0 Å². The first-order valence-corrected chi connectivity index (χ1v) is 6.92. The van der Waals surface area contributed by atoms with Crippen molar-refractivity contribution in [2.45, 2.75) is 63.4 Å². The summed E-state index contributed by atoms with van der Waals surface area (Å²) in [6.45, 7) is 1.14. The zero-order chi connectivity index (χ0) is 16.4. The first-order chi connectivity index (χ1) is 9.84. The van der Waals surface area contributed by atoms with Gasteiger partial charge in [0.05, 0.1) is 6.61 Å². The van der Waals surface area contributed by atoms with Crippen LogP contribution in [0.5, 0.6) is 0 Å². The molecule has 0 saturated heterocycles. The third kappa shape index (κ3) is 8.79. The molecule has 8 nitrogen and oxygen atoms in total. The number of unbranched alkanes of at least 4 members (excludes halogenated alkanes) is 3. The average molecular weight is 364 g/mol. The van der Waals surface area contributed by atoms with Crippen LogP contribution in [0.3, 0.4) is 0 Å². The van der Waals surface area contributed by atoms with Crippen LogP contribution in [0.15, 0.2) is 0 Å². The fourth-order valence-electron chi connectivity index (χ4n) is 1.58. The zero-order valence-corrected chi connectivity index (χ0v) is 13.5. The van der Waals surface area contributed by atoms with Crippen molar-refractivity contribution in [2.24, 2.45) is 0 Å². The van der Waals surface area contributed by atoms with Crippen LogP contribution in [0.2, 0.25) is 0 Å². The molecule has 132 valence electrons. The van der Waals surface area contributed by atoms with Crippen molar-refractivity contribution in [3.63, 3.8) is 0 Å². The molecule has 0 aromatic heterocycles. The fourth-order valence-corrected chi connectivity index (χ4v) is 1.58. The Bertz CT molecular complexity index is 325. The summed E-state index contributed by atoms with van der Waals surface area (Å²) in [7, 11) is 0. The molecule has 0 amide bonds. The van der Waals surface area contributed by atoms with E-state index < -0.39 is 43.0 Å². The van der Waals surface area contributed by atoms with Gasteiger partial charge in [0.15, 0.2) is 6.10 Å². The van der Waals surface area contributed by atoms with Gasteiger partial charge in [-0.15, -0.1) is 0 Å². The van der Waals surface area contributed by atoms with Gasteiger partial charge in [-0.3, -0.25) is 4.79 Å². The Labute approximate surface area is 139 Å². The molecule has 0 heterocycles. The number of hydrogen-bond acceptors (Lipinski definition) is 8. The topological polar surface area (TPSA) is 145 Å². The minimum absolute atomic E-state index is 0. The summed E-state index contributed by atoms with van der Waals surface area (Å²) in [6.07, 6.45) is -4.64. The standard InChI is InChI=1S/C13H24O8.Fe/c1-2-3-4-5-6-9(16)21-13(20)12(19)11(18)10(17)8(15)7-14;/h8,10-12,14-15,17-19H,2-7H2,1H3;/t8-,10-,11+,12-;/m1./s1. The van der Waals surface area contributed by atoms with Crippen molar-refractivity contribution in [2.75, 3.05) is 6.61 Å². The number of carbonyl (C=O) groups excluding carboxylic acids is 2. The number of esters is 2. The van der Waals surface area contributed by atoms with E-state index in [4.69, 9.17) is 10.2 Å². The largest absolute Gasteiger partial charge is 0.394 e. The van der Waals surface area contributed by atoms with Crippen molar-refractivity contribution in [1.29, 1.82) is 0 Å². The summed E-state index contributed by atoms with van der Waals surface area (Å²) in [5.74, 6) is -2.24. The number of rotatable bonds is 10. The van der Waals surface area contributed by atoms with Gasteiger partial charge in [0.2, 0.25) is 0 Å². The van der Waals surface area contributed by atoms with Gasteiger partial charge in [0.1, 0.15) is 18.3 Å². The smallest absolute Gasteiger partial charge is 0.345 e. The van der Waals surface area contributed by atoms with E-state index in [2.05, 4.69) is 4.74 Å². The van der Waals surface area contributed by atoms with E-state index in [0.717, 1.165) is 19.3 Å². The number of aliphatic hydroxyl groups excluding tert-OH is 5. The Morgan fingerprint density at radius 2 is 1.59 bits per heavy atom. The summed E-state index contributed by atoms with van der Waals surface area (Å²) in [5, 5.41) is 45.9. The van der Waals surface area contributed by atoms with Gasteiger partial charge in [0, 0.05) is 23.5 Å². The molecular formula is C13H24FeO8. The van der Waals surface area contributed by atoms with Crippen LogP contribution in [0, 0.1) is 0 Å². The Morgan fingerprint density at radius 3 is 2.09 bits per heavy atom. The molecule has 0 rings (SSSR count). The predicted octanol–water partition coefficient (Wildman–Crippen LogP) is -1.54. The molecule has 0 aliphatic rings. The second-order valence-corrected chi connectivity index (χ2v) is 4.78. The normalized spacial score (nSPS) is 16.1. The molecule has 0 bridgehead atoms. The van der Waals surface area contributed by atoms with Gasteiger partial charge in [-0.05, 0) is 6.42 Å². The molecule has 4 atom stereocenters. The molecular weight excluding hydrogens is 340 g/mol. The Hall–Kier alpha value is -0.541. The number of hydrogen-bond donors (Lipinski definition) is 5. The third-order valence-corrected chi connectivity index (χ3v) is 2.95. The Morgan fingerprint density at radius 1 is 1.00 bits per heavy atom. The van der Waals surface area contributed by atoms with Crippen molar-refractivity contribution in [3.05, 3.63) is 0 Å². The van der Waals surface area contributed by atoms with E-state index in [-0.39, 0.29) is 23.5 Å². The summed E-state index contributed by atoms with van der Waals surface area (Å²) < 4.78 is 4.33. The van der Waals surface area contributed by atoms with E-state index >= 15 is 0 Å². The van der Waals surface area contributed by atoms with E-state index in [1.165, 1.54) is 0 Å². The zero-order valence-electron chi connectivity index (χ0n) is 12.4. The monoisotopic (exact) mass is 364 g/mol. The second kappa shape index (κ2) is 12.9. The summed E-state index contributed by atoms with van der Waals surface area (Å²) in [6, 6.07) is 0. The molecule has 5 N–H and O–H groups in total. The maximum absolute atomic E-state index is 11.4. The third-order valence-electron chi connectivity index (χ3n) is 2.95. The van der Waals surface area contributed by atoms with Crippen molar-refractivity contribution in [1.82, 2.24) is 0 Å². The van der Waals surface area contributed by atoms with Crippen LogP contribution in [-0.2, 0) is 31.4 Å². The first kappa shape index (κ1) is 23.7. The van der Waals surface area contributed by atoms with Crippen LogP contribution in [-0.4, -0.2) is 68.5 Å². The molecule has 0 aliphatic carbocycles. The van der Waals surface area contributed by atoms with Crippen LogP contribution >= 0.6 is 0 Å². The van der Waals surface area contributed by atoms with E-state index in [0.29, 0.717) is 6.42 Å². The Balaban J connectivity index is 0.